The van der Waals surface area contributed by atoms with E-state index < -0.39 is 23.6 Å². The average molecular weight is 289 g/mol. The smallest absolute Gasteiger partial charge is 0.329 e. The molecule has 116 valence electrons. The fraction of sp³-hybridized carbons (Fsp3) is 0.750. The van der Waals surface area contributed by atoms with Crippen LogP contribution in [0.25, 0.3) is 0 Å². The van der Waals surface area contributed by atoms with Crippen molar-refractivity contribution >= 4 is 17.9 Å². The standard InChI is InChI=1S/C12H23N3O5/c1-8(9(16)13-6-7-20-5)14-11(19)15(4)12(2,3)10(17)18/h8H,6-7H2,1-5H3,(H,13,16)(H,14,19)(H,17,18). The molecule has 1 unspecified atom stereocenters. The van der Waals surface area contributed by atoms with Crippen LogP contribution < -0.4 is 10.6 Å². The fourth-order valence-corrected chi connectivity index (χ4v) is 1.17. The van der Waals surface area contributed by atoms with Gasteiger partial charge in [0.25, 0.3) is 0 Å². The summed E-state index contributed by atoms with van der Waals surface area (Å²) >= 11 is 0. The number of amides is 3. The van der Waals surface area contributed by atoms with Gasteiger partial charge in [-0.25, -0.2) is 9.59 Å². The number of nitrogens with one attached hydrogen (secondary N) is 2. The van der Waals surface area contributed by atoms with E-state index >= 15 is 0 Å². The van der Waals surface area contributed by atoms with Gasteiger partial charge in [0, 0.05) is 20.7 Å². The van der Waals surface area contributed by atoms with Gasteiger partial charge in [0.05, 0.1) is 6.61 Å². The second-order valence-electron chi connectivity index (χ2n) is 4.88. The zero-order valence-corrected chi connectivity index (χ0v) is 12.5. The summed E-state index contributed by atoms with van der Waals surface area (Å²) < 4.78 is 4.79. The number of rotatable bonds is 7. The van der Waals surface area contributed by atoms with Gasteiger partial charge in [-0.15, -0.1) is 0 Å². The molecule has 0 heterocycles. The highest BCUT2D eigenvalue weighted by atomic mass is 16.5. The number of nitrogens with zero attached hydrogens (tertiary/aromatic N) is 1. The molecule has 3 N–H and O–H groups in total. The highest BCUT2D eigenvalue weighted by Crippen LogP contribution is 2.12. The van der Waals surface area contributed by atoms with Gasteiger partial charge >= 0.3 is 12.0 Å². The number of likely N-dealkylation sites (N-methyl/N-ethyl adjacent to an activating group) is 1. The Balaban J connectivity index is 4.45. The lowest BCUT2D eigenvalue weighted by Gasteiger charge is -2.32. The zero-order valence-electron chi connectivity index (χ0n) is 12.5. The third-order valence-electron chi connectivity index (χ3n) is 3.01. The first-order valence-corrected chi connectivity index (χ1v) is 6.19. The summed E-state index contributed by atoms with van der Waals surface area (Å²) in [4.78, 5) is 35.6. The Kier molecular flexibility index (Phi) is 6.98. The Bertz CT molecular complexity index is 370. The highest BCUT2D eigenvalue weighted by Gasteiger charge is 2.35. The molecule has 0 fully saturated rings. The minimum atomic E-state index is -1.36. The molecule has 0 aromatic rings. The van der Waals surface area contributed by atoms with Crippen molar-refractivity contribution in [3.8, 4) is 0 Å². The summed E-state index contributed by atoms with van der Waals surface area (Å²) in [6.45, 7) is 5.03. The molecule has 0 aromatic heterocycles. The Labute approximate surface area is 118 Å². The van der Waals surface area contributed by atoms with Crippen molar-refractivity contribution in [3.63, 3.8) is 0 Å². The van der Waals surface area contributed by atoms with E-state index in [1.165, 1.54) is 34.9 Å². The van der Waals surface area contributed by atoms with Crippen molar-refractivity contribution in [1.29, 1.82) is 0 Å². The summed E-state index contributed by atoms with van der Waals surface area (Å²) in [5.74, 6) is -1.50. The molecule has 20 heavy (non-hydrogen) atoms. The van der Waals surface area contributed by atoms with Crippen molar-refractivity contribution in [2.24, 2.45) is 0 Å². The second kappa shape index (κ2) is 7.68. The third kappa shape index (κ3) is 5.04. The van der Waals surface area contributed by atoms with Crippen LogP contribution in [-0.2, 0) is 14.3 Å². The lowest BCUT2D eigenvalue weighted by molar-refractivity contribution is -0.146. The van der Waals surface area contributed by atoms with Gasteiger partial charge in [-0.3, -0.25) is 4.79 Å². The fourth-order valence-electron chi connectivity index (χ4n) is 1.17. The molecule has 0 bridgehead atoms. The van der Waals surface area contributed by atoms with Crippen LogP contribution in [0.15, 0.2) is 0 Å². The molecule has 0 spiro atoms. The van der Waals surface area contributed by atoms with Crippen LogP contribution in [0.5, 0.6) is 0 Å². The number of hydrogen-bond donors (Lipinski definition) is 3. The molecule has 3 amide bonds. The molecule has 1 atom stereocenters. The van der Waals surface area contributed by atoms with Crippen molar-refractivity contribution in [3.05, 3.63) is 0 Å². The first kappa shape index (κ1) is 18.2. The lowest BCUT2D eigenvalue weighted by Crippen LogP contribution is -2.57. The van der Waals surface area contributed by atoms with Gasteiger partial charge in [-0.05, 0) is 20.8 Å². The normalized spacial score (nSPS) is 12.4. The molecular weight excluding hydrogens is 266 g/mol. The Morgan fingerprint density at radius 2 is 1.90 bits per heavy atom. The molecule has 0 aliphatic carbocycles. The van der Waals surface area contributed by atoms with Gasteiger partial charge in [-0.1, -0.05) is 0 Å². The molecule has 0 saturated heterocycles. The van der Waals surface area contributed by atoms with E-state index in [9.17, 15) is 14.4 Å². The largest absolute Gasteiger partial charge is 0.480 e. The van der Waals surface area contributed by atoms with Crippen LogP contribution in [0, 0.1) is 0 Å². The topological polar surface area (TPSA) is 108 Å². The Morgan fingerprint density at radius 3 is 2.35 bits per heavy atom. The van der Waals surface area contributed by atoms with Crippen molar-refractivity contribution in [2.75, 3.05) is 27.3 Å². The average Bonchev–Trinajstić information content (AvgIpc) is 2.37. The van der Waals surface area contributed by atoms with Gasteiger partial charge in [0.1, 0.15) is 11.6 Å². The summed E-state index contributed by atoms with van der Waals surface area (Å²) in [5.41, 5.74) is -1.36. The maximum Gasteiger partial charge on any atom is 0.329 e. The molecule has 0 rings (SSSR count). The number of hydrogen-bond acceptors (Lipinski definition) is 4. The van der Waals surface area contributed by atoms with E-state index in [0.717, 1.165) is 4.90 Å². The van der Waals surface area contributed by atoms with Crippen molar-refractivity contribution in [1.82, 2.24) is 15.5 Å². The van der Waals surface area contributed by atoms with Gasteiger partial charge < -0.3 is 25.4 Å². The number of carbonyl (C=O) groups is 3. The second-order valence-corrected chi connectivity index (χ2v) is 4.88. The van der Waals surface area contributed by atoms with E-state index in [1.807, 2.05) is 0 Å². The molecule has 0 radical (unpaired) electrons. The number of ether oxygens (including phenoxy) is 1. The number of carbonyl (C=O) groups excluding carboxylic acids is 2. The van der Waals surface area contributed by atoms with E-state index in [2.05, 4.69) is 10.6 Å². The Morgan fingerprint density at radius 1 is 1.35 bits per heavy atom. The summed E-state index contributed by atoms with van der Waals surface area (Å²) in [7, 11) is 2.87. The first-order valence-electron chi connectivity index (χ1n) is 6.19. The molecule has 8 nitrogen and oxygen atoms in total. The van der Waals surface area contributed by atoms with Gasteiger partial charge in [-0.2, -0.15) is 0 Å². The number of carboxylic acids is 1. The van der Waals surface area contributed by atoms with Crippen LogP contribution >= 0.6 is 0 Å². The molecule has 8 heteroatoms. The Hall–Kier alpha value is -1.83. The van der Waals surface area contributed by atoms with E-state index in [1.54, 1.807) is 0 Å². The maximum absolute atomic E-state index is 11.9. The molecule has 0 aliphatic heterocycles. The SMILES string of the molecule is COCCNC(=O)C(C)NC(=O)N(C)C(C)(C)C(=O)O. The summed E-state index contributed by atoms with van der Waals surface area (Å²) in [6.07, 6.45) is 0. The van der Waals surface area contributed by atoms with Crippen LogP contribution in [0.1, 0.15) is 20.8 Å². The maximum atomic E-state index is 11.9. The predicted molar refractivity (Wildman–Crippen MR) is 72.4 cm³/mol. The molecule has 0 aromatic carbocycles. The third-order valence-corrected chi connectivity index (χ3v) is 3.01. The number of aliphatic carboxylic acids is 1. The van der Waals surface area contributed by atoms with Crippen LogP contribution in [0.3, 0.4) is 0 Å². The van der Waals surface area contributed by atoms with Gasteiger partial charge in [0.15, 0.2) is 0 Å². The minimum absolute atomic E-state index is 0.339. The molecule has 0 saturated carbocycles. The first-order chi connectivity index (χ1) is 9.14. The highest BCUT2D eigenvalue weighted by molar-refractivity contribution is 5.89. The lowest BCUT2D eigenvalue weighted by atomic mass is 10.0. The monoisotopic (exact) mass is 289 g/mol. The van der Waals surface area contributed by atoms with Crippen LogP contribution in [0.2, 0.25) is 0 Å². The van der Waals surface area contributed by atoms with E-state index in [4.69, 9.17) is 9.84 Å². The number of methoxy groups -OCH3 is 1. The predicted octanol–water partition coefficient (Wildman–Crippen LogP) is -0.358. The van der Waals surface area contributed by atoms with Crippen LogP contribution in [0.4, 0.5) is 4.79 Å². The van der Waals surface area contributed by atoms with E-state index in [-0.39, 0.29) is 5.91 Å². The molecular formula is C12H23N3O5. The van der Waals surface area contributed by atoms with E-state index in [0.29, 0.717) is 13.2 Å². The number of carboxylic acid groups (broad SMARTS) is 1. The van der Waals surface area contributed by atoms with Gasteiger partial charge in [0.2, 0.25) is 5.91 Å². The minimum Gasteiger partial charge on any atom is -0.480 e. The quantitative estimate of drug-likeness (QED) is 0.555. The number of urea groups is 1. The van der Waals surface area contributed by atoms with Crippen LogP contribution in [-0.4, -0.2) is 66.8 Å². The molecule has 0 aliphatic rings. The zero-order chi connectivity index (χ0) is 15.9. The van der Waals surface area contributed by atoms with Crippen molar-refractivity contribution < 1.29 is 24.2 Å². The van der Waals surface area contributed by atoms with Crippen molar-refractivity contribution in [2.45, 2.75) is 32.4 Å². The summed E-state index contributed by atoms with van der Waals surface area (Å²) in [6, 6.07) is -1.40. The summed E-state index contributed by atoms with van der Waals surface area (Å²) in [5, 5.41) is 14.0.